The van der Waals surface area contributed by atoms with Crippen LogP contribution in [0, 0.1) is 0 Å². The molecule has 3 nitrogen and oxygen atoms in total. The average Bonchev–Trinajstić information content (AvgIpc) is 3.25. The Hall–Kier alpha value is -2.92. The Morgan fingerprint density at radius 3 is 2.52 bits per heavy atom. The van der Waals surface area contributed by atoms with E-state index in [4.69, 9.17) is 4.74 Å². The van der Waals surface area contributed by atoms with Gasteiger partial charge < -0.3 is 9.94 Å². The number of nitrogens with zero attached hydrogens (tertiary/aromatic N) is 1. The van der Waals surface area contributed by atoms with Crippen molar-refractivity contribution >= 4 is 28.2 Å². The summed E-state index contributed by atoms with van der Waals surface area (Å²) in [7, 11) is 0. The van der Waals surface area contributed by atoms with Crippen LogP contribution in [0.5, 0.6) is 5.75 Å². The van der Waals surface area contributed by atoms with Crippen molar-refractivity contribution < 1.29 is 9.94 Å². The first kappa shape index (κ1) is 19.4. The molecule has 0 radical (unpaired) electrons. The summed E-state index contributed by atoms with van der Waals surface area (Å²) < 4.78 is 6.19. The second-order valence-corrected chi connectivity index (χ2v) is 7.91. The molecule has 0 amide bonds. The fraction of sp³-hybridized carbons (Fsp3) is 0.120. The fourth-order valence-corrected chi connectivity index (χ4v) is 4.00. The Labute approximate surface area is 175 Å². The first-order valence-electron chi connectivity index (χ1n) is 9.59. The molecule has 3 aromatic carbocycles. The zero-order chi connectivity index (χ0) is 19.9. The van der Waals surface area contributed by atoms with E-state index in [-0.39, 0.29) is 0 Å². The molecule has 0 aliphatic heterocycles. The van der Waals surface area contributed by atoms with Gasteiger partial charge in [0.05, 0.1) is 6.54 Å². The number of fused-ring (bicyclic) bond motifs is 1. The van der Waals surface area contributed by atoms with Crippen LogP contribution in [-0.4, -0.2) is 23.4 Å². The van der Waals surface area contributed by atoms with Crippen LogP contribution >= 0.6 is 11.3 Å². The van der Waals surface area contributed by atoms with Gasteiger partial charge in [-0.15, -0.1) is 11.3 Å². The summed E-state index contributed by atoms with van der Waals surface area (Å²) in [5, 5.41) is 16.1. The van der Waals surface area contributed by atoms with E-state index < -0.39 is 0 Å². The second-order valence-electron chi connectivity index (χ2n) is 6.88. The van der Waals surface area contributed by atoms with E-state index in [9.17, 15) is 5.21 Å². The number of rotatable bonds is 8. The monoisotopic (exact) mass is 401 g/mol. The smallest absolute Gasteiger partial charge is 0.127 e. The van der Waals surface area contributed by atoms with Gasteiger partial charge in [-0.25, -0.2) is 0 Å². The van der Waals surface area contributed by atoms with Gasteiger partial charge in [-0.3, -0.25) is 0 Å². The van der Waals surface area contributed by atoms with Gasteiger partial charge >= 0.3 is 0 Å². The van der Waals surface area contributed by atoms with Gasteiger partial charge in [-0.2, -0.15) is 5.06 Å². The third-order valence-corrected chi connectivity index (χ3v) is 5.50. The van der Waals surface area contributed by atoms with Gasteiger partial charge in [-0.1, -0.05) is 78.9 Å². The molecule has 4 rings (SSSR count). The molecular weight excluding hydrogens is 378 g/mol. The van der Waals surface area contributed by atoms with Crippen molar-refractivity contribution in [1.82, 2.24) is 5.06 Å². The van der Waals surface area contributed by atoms with Gasteiger partial charge in [0, 0.05) is 16.8 Å². The highest BCUT2D eigenvalue weighted by atomic mass is 32.1. The van der Waals surface area contributed by atoms with Crippen molar-refractivity contribution in [2.45, 2.75) is 6.54 Å². The molecule has 0 saturated heterocycles. The number of hydrogen-bond acceptors (Lipinski definition) is 4. The van der Waals surface area contributed by atoms with Crippen LogP contribution in [0.3, 0.4) is 0 Å². The molecule has 0 aliphatic carbocycles. The molecule has 4 aromatic rings. The normalized spacial score (nSPS) is 11.9. The van der Waals surface area contributed by atoms with E-state index in [1.54, 1.807) is 11.3 Å². The Morgan fingerprint density at radius 2 is 1.69 bits per heavy atom. The third kappa shape index (κ3) is 5.33. The van der Waals surface area contributed by atoms with Crippen molar-refractivity contribution in [3.05, 3.63) is 106 Å². The van der Waals surface area contributed by atoms with E-state index in [1.807, 2.05) is 60.0 Å². The van der Waals surface area contributed by atoms with Crippen LogP contribution < -0.4 is 4.74 Å². The van der Waals surface area contributed by atoms with Crippen LogP contribution in [0.15, 0.2) is 95.9 Å². The number of ether oxygens (including phenoxy) is 1. The maximum absolute atomic E-state index is 10.5. The van der Waals surface area contributed by atoms with Crippen LogP contribution in [0.25, 0.3) is 16.8 Å². The molecule has 1 heterocycles. The molecule has 1 aromatic heterocycles. The summed E-state index contributed by atoms with van der Waals surface area (Å²) in [5.41, 5.74) is 2.09. The molecule has 0 saturated carbocycles. The van der Waals surface area contributed by atoms with Crippen LogP contribution in [0.1, 0.15) is 10.4 Å². The molecule has 0 unspecified atom stereocenters. The Morgan fingerprint density at radius 1 is 0.897 bits per heavy atom. The lowest BCUT2D eigenvalue weighted by atomic mass is 10.1. The maximum atomic E-state index is 10.5. The molecule has 0 aliphatic rings. The number of thiophene rings is 1. The predicted molar refractivity (Wildman–Crippen MR) is 120 cm³/mol. The first-order chi connectivity index (χ1) is 14.3. The van der Waals surface area contributed by atoms with Crippen LogP contribution in [-0.2, 0) is 6.54 Å². The molecule has 29 heavy (non-hydrogen) atoms. The Bertz CT molecular complexity index is 1070. The second kappa shape index (κ2) is 9.52. The van der Waals surface area contributed by atoms with E-state index in [2.05, 4.69) is 36.4 Å². The van der Waals surface area contributed by atoms with Crippen molar-refractivity contribution in [3.8, 4) is 5.75 Å². The summed E-state index contributed by atoms with van der Waals surface area (Å²) in [6.07, 6.45) is 2.09. The van der Waals surface area contributed by atoms with Gasteiger partial charge in [-0.05, 0) is 34.0 Å². The molecule has 0 fully saturated rings. The van der Waals surface area contributed by atoms with Gasteiger partial charge in [0.1, 0.15) is 12.4 Å². The number of hydroxylamine groups is 2. The zero-order valence-electron chi connectivity index (χ0n) is 16.1. The third-order valence-electron chi connectivity index (χ3n) is 4.64. The van der Waals surface area contributed by atoms with Crippen molar-refractivity contribution in [2.75, 3.05) is 13.2 Å². The number of benzene rings is 3. The fourth-order valence-electron chi connectivity index (χ4n) is 3.28. The minimum Gasteiger partial charge on any atom is -0.489 e. The molecule has 146 valence electrons. The highest BCUT2D eigenvalue weighted by Gasteiger charge is 2.09. The standard InChI is InChI=1S/C25H23NO2S/c27-26(18-23-12-7-15-29-23)17-21(16-20-8-2-1-3-9-20)19-28-25-14-6-11-22-10-4-5-13-24(22)25/h1-16,27H,17-19H2/b21-16-. The highest BCUT2D eigenvalue weighted by Crippen LogP contribution is 2.26. The SMILES string of the molecule is ON(C/C(=C/c1ccccc1)COc1cccc2ccccc12)Cc1cccs1. The minimum atomic E-state index is 0.407. The van der Waals surface area contributed by atoms with E-state index >= 15 is 0 Å². The van der Waals surface area contributed by atoms with Crippen molar-refractivity contribution in [2.24, 2.45) is 0 Å². The van der Waals surface area contributed by atoms with Crippen molar-refractivity contribution in [1.29, 1.82) is 0 Å². The topological polar surface area (TPSA) is 32.7 Å². The van der Waals surface area contributed by atoms with E-state index in [0.717, 1.165) is 32.5 Å². The van der Waals surface area contributed by atoms with Gasteiger partial charge in [0.15, 0.2) is 0 Å². The molecule has 4 heteroatoms. The van der Waals surface area contributed by atoms with Crippen LogP contribution in [0.2, 0.25) is 0 Å². The Balaban J connectivity index is 1.52. The predicted octanol–water partition coefficient (Wildman–Crippen LogP) is 6.26. The lowest BCUT2D eigenvalue weighted by Gasteiger charge is -2.18. The summed E-state index contributed by atoms with van der Waals surface area (Å²) in [4.78, 5) is 1.13. The lowest BCUT2D eigenvalue weighted by molar-refractivity contribution is -0.0910. The lowest BCUT2D eigenvalue weighted by Crippen LogP contribution is -2.23. The summed E-state index contributed by atoms with van der Waals surface area (Å²) in [5.74, 6) is 0.852. The Kier molecular flexibility index (Phi) is 6.37. The molecule has 0 bridgehead atoms. The van der Waals surface area contributed by atoms with Gasteiger partial charge in [0.25, 0.3) is 0 Å². The quantitative estimate of drug-likeness (QED) is 0.354. The highest BCUT2D eigenvalue weighted by molar-refractivity contribution is 7.09. The zero-order valence-corrected chi connectivity index (χ0v) is 16.9. The summed E-state index contributed by atoms with van der Waals surface area (Å²) in [6.45, 7) is 1.32. The molecule has 0 atom stereocenters. The van der Waals surface area contributed by atoms with E-state index in [0.29, 0.717) is 19.7 Å². The summed E-state index contributed by atoms with van der Waals surface area (Å²) in [6, 6.07) is 28.4. The van der Waals surface area contributed by atoms with Gasteiger partial charge in [0.2, 0.25) is 0 Å². The molecule has 0 spiro atoms. The maximum Gasteiger partial charge on any atom is 0.127 e. The number of hydrogen-bond donors (Lipinski definition) is 1. The largest absolute Gasteiger partial charge is 0.489 e. The van der Waals surface area contributed by atoms with Crippen LogP contribution in [0.4, 0.5) is 0 Å². The van der Waals surface area contributed by atoms with E-state index in [1.165, 1.54) is 5.06 Å². The summed E-state index contributed by atoms with van der Waals surface area (Å²) >= 11 is 1.64. The first-order valence-corrected chi connectivity index (χ1v) is 10.5. The average molecular weight is 402 g/mol. The van der Waals surface area contributed by atoms with Crippen molar-refractivity contribution in [3.63, 3.8) is 0 Å². The molecular formula is C25H23NO2S. The minimum absolute atomic E-state index is 0.407. The molecule has 1 N–H and O–H groups in total.